The summed E-state index contributed by atoms with van der Waals surface area (Å²) in [5.74, 6) is -0.541. The molecule has 0 aromatic heterocycles. The molecule has 0 aliphatic carbocycles. The highest BCUT2D eigenvalue weighted by atomic mass is 16.5. The van der Waals surface area contributed by atoms with Gasteiger partial charge in [0, 0.05) is 0 Å². The first-order chi connectivity index (χ1) is 5.66. The van der Waals surface area contributed by atoms with E-state index in [1.54, 1.807) is 0 Å². The number of carbonyl (C=O) groups is 1. The quantitative estimate of drug-likeness (QED) is 0.412. The second-order valence-electron chi connectivity index (χ2n) is 2.80. The number of ether oxygens (including phenoxy) is 1. The van der Waals surface area contributed by atoms with Gasteiger partial charge in [0.25, 0.3) is 0 Å². The van der Waals surface area contributed by atoms with Crippen molar-refractivity contribution in [3.8, 4) is 0 Å². The van der Waals surface area contributed by atoms with E-state index in [4.69, 9.17) is 0 Å². The van der Waals surface area contributed by atoms with Gasteiger partial charge in [-0.1, -0.05) is 0 Å². The van der Waals surface area contributed by atoms with Crippen LogP contribution < -0.4 is 5.32 Å². The number of nitrogens with one attached hydrogen (secondary N) is 1. The lowest BCUT2D eigenvalue weighted by Gasteiger charge is -2.30. The van der Waals surface area contributed by atoms with E-state index in [-0.39, 0.29) is 0 Å². The predicted molar refractivity (Wildman–Crippen MR) is 40.4 cm³/mol. The van der Waals surface area contributed by atoms with Gasteiger partial charge in [0.05, 0.1) is 13.2 Å². The molecule has 5 heteroatoms. The van der Waals surface area contributed by atoms with Gasteiger partial charge >= 0.3 is 5.97 Å². The van der Waals surface area contributed by atoms with E-state index in [9.17, 15) is 15.0 Å². The Balaban J connectivity index is 2.57. The van der Waals surface area contributed by atoms with E-state index >= 15 is 0 Å². The summed E-state index contributed by atoms with van der Waals surface area (Å²) in [6, 6.07) is -0.793. The van der Waals surface area contributed by atoms with E-state index in [1.165, 1.54) is 7.11 Å². The maximum Gasteiger partial charge on any atom is 0.325 e. The van der Waals surface area contributed by atoms with E-state index in [0.29, 0.717) is 13.0 Å². The lowest BCUT2D eigenvalue weighted by molar-refractivity contribution is -0.150. The first kappa shape index (κ1) is 9.44. The summed E-state index contributed by atoms with van der Waals surface area (Å²) in [5, 5.41) is 21.3. The molecular formula is C7H13NO4. The maximum absolute atomic E-state index is 11.0. The summed E-state index contributed by atoms with van der Waals surface area (Å²) in [6.07, 6.45) is -1.45. The summed E-state index contributed by atoms with van der Waals surface area (Å²) >= 11 is 0. The minimum absolute atomic E-state index is 0.453. The molecule has 70 valence electrons. The molecule has 3 N–H and O–H groups in total. The first-order valence-corrected chi connectivity index (χ1v) is 3.84. The Morgan fingerprint density at radius 3 is 2.83 bits per heavy atom. The Bertz CT molecular complexity index is 173. The van der Waals surface area contributed by atoms with Crippen LogP contribution in [-0.2, 0) is 9.53 Å². The number of hydrogen-bond donors (Lipinski definition) is 3. The topological polar surface area (TPSA) is 78.8 Å². The van der Waals surface area contributed by atoms with Crippen molar-refractivity contribution in [1.82, 2.24) is 5.32 Å². The molecule has 0 spiro atoms. The summed E-state index contributed by atoms with van der Waals surface area (Å²) in [7, 11) is 1.25. The fourth-order valence-corrected chi connectivity index (χ4v) is 1.25. The van der Waals surface area contributed by atoms with Crippen LogP contribution in [-0.4, -0.2) is 48.1 Å². The molecular weight excluding hydrogens is 162 g/mol. The fourth-order valence-electron chi connectivity index (χ4n) is 1.25. The van der Waals surface area contributed by atoms with Gasteiger partial charge in [0.1, 0.15) is 12.1 Å². The van der Waals surface area contributed by atoms with Crippen molar-refractivity contribution < 1.29 is 19.7 Å². The Morgan fingerprint density at radius 2 is 2.25 bits per heavy atom. The minimum atomic E-state index is -1.06. The second-order valence-corrected chi connectivity index (χ2v) is 2.80. The zero-order chi connectivity index (χ0) is 9.14. The van der Waals surface area contributed by atoms with Crippen LogP contribution in [0.25, 0.3) is 0 Å². The largest absolute Gasteiger partial charge is 0.468 e. The molecule has 0 saturated carbocycles. The Hall–Kier alpha value is -0.650. The number of aliphatic hydroxyl groups excluding tert-OH is 2. The predicted octanol–water partition coefficient (Wildman–Crippen LogP) is -1.76. The van der Waals surface area contributed by atoms with Crippen molar-refractivity contribution >= 4 is 5.97 Å². The molecule has 0 radical (unpaired) electrons. The number of esters is 1. The Morgan fingerprint density at radius 1 is 1.58 bits per heavy atom. The summed E-state index contributed by atoms with van der Waals surface area (Å²) in [5.41, 5.74) is 0. The van der Waals surface area contributed by atoms with E-state index in [2.05, 4.69) is 10.1 Å². The average Bonchev–Trinajstić information content (AvgIpc) is 2.08. The highest BCUT2D eigenvalue weighted by Crippen LogP contribution is 2.10. The molecule has 1 aliphatic heterocycles. The number of methoxy groups -OCH3 is 1. The third-order valence-electron chi connectivity index (χ3n) is 2.00. The van der Waals surface area contributed by atoms with Crippen molar-refractivity contribution in [3.05, 3.63) is 0 Å². The minimum Gasteiger partial charge on any atom is -0.468 e. The zero-order valence-electron chi connectivity index (χ0n) is 6.86. The molecule has 3 atom stereocenters. The molecule has 1 unspecified atom stereocenters. The highest BCUT2D eigenvalue weighted by Gasteiger charge is 2.35. The maximum atomic E-state index is 11.0. The standard InChI is InChI=1S/C7H13NO4/c1-12-7(11)5-6(10)4(9)2-3-8-5/h4-6,8-10H,2-3H2,1H3/t4-,5?,6-/m0/s1. The molecule has 0 bridgehead atoms. The van der Waals surface area contributed by atoms with E-state index < -0.39 is 24.2 Å². The van der Waals surface area contributed by atoms with Crippen molar-refractivity contribution in [2.24, 2.45) is 0 Å². The lowest BCUT2D eigenvalue weighted by Crippen LogP contribution is -2.56. The van der Waals surface area contributed by atoms with Gasteiger partial charge in [-0.3, -0.25) is 4.79 Å². The lowest BCUT2D eigenvalue weighted by atomic mass is 9.99. The van der Waals surface area contributed by atoms with Gasteiger partial charge in [-0.2, -0.15) is 0 Å². The molecule has 1 fully saturated rings. The van der Waals surface area contributed by atoms with Crippen LogP contribution >= 0.6 is 0 Å². The van der Waals surface area contributed by atoms with Crippen molar-refractivity contribution in [2.75, 3.05) is 13.7 Å². The van der Waals surface area contributed by atoms with Gasteiger partial charge in [-0.05, 0) is 13.0 Å². The third-order valence-corrected chi connectivity index (χ3v) is 2.00. The average molecular weight is 175 g/mol. The summed E-state index contributed by atoms with van der Waals surface area (Å²) in [6.45, 7) is 0.512. The van der Waals surface area contributed by atoms with E-state index in [0.717, 1.165) is 0 Å². The van der Waals surface area contributed by atoms with Crippen LogP contribution in [0, 0.1) is 0 Å². The number of hydrogen-bond acceptors (Lipinski definition) is 5. The molecule has 0 aromatic rings. The normalized spacial score (nSPS) is 36.1. The van der Waals surface area contributed by atoms with Crippen molar-refractivity contribution in [1.29, 1.82) is 0 Å². The monoisotopic (exact) mass is 175 g/mol. The molecule has 5 nitrogen and oxygen atoms in total. The van der Waals surface area contributed by atoms with Gasteiger partial charge in [-0.15, -0.1) is 0 Å². The van der Waals surface area contributed by atoms with Crippen LogP contribution in [0.3, 0.4) is 0 Å². The molecule has 0 amide bonds. The Labute approximate surface area is 70.3 Å². The fraction of sp³-hybridized carbons (Fsp3) is 0.857. The van der Waals surface area contributed by atoms with Gasteiger partial charge in [0.15, 0.2) is 0 Å². The van der Waals surface area contributed by atoms with Crippen LogP contribution in [0.2, 0.25) is 0 Å². The van der Waals surface area contributed by atoms with Crippen molar-refractivity contribution in [2.45, 2.75) is 24.7 Å². The Kier molecular flexibility index (Phi) is 3.02. The van der Waals surface area contributed by atoms with Crippen LogP contribution in [0.1, 0.15) is 6.42 Å². The van der Waals surface area contributed by atoms with Gasteiger partial charge < -0.3 is 20.3 Å². The molecule has 1 rings (SSSR count). The van der Waals surface area contributed by atoms with E-state index in [1.807, 2.05) is 0 Å². The number of carbonyl (C=O) groups excluding carboxylic acids is 1. The number of piperidine rings is 1. The van der Waals surface area contributed by atoms with Crippen LogP contribution in [0.5, 0.6) is 0 Å². The second kappa shape index (κ2) is 3.84. The molecule has 12 heavy (non-hydrogen) atoms. The van der Waals surface area contributed by atoms with Gasteiger partial charge in [0.2, 0.25) is 0 Å². The van der Waals surface area contributed by atoms with Gasteiger partial charge in [-0.25, -0.2) is 0 Å². The number of aliphatic hydroxyl groups is 2. The van der Waals surface area contributed by atoms with Crippen LogP contribution in [0.4, 0.5) is 0 Å². The third kappa shape index (κ3) is 1.74. The smallest absolute Gasteiger partial charge is 0.325 e. The molecule has 1 heterocycles. The highest BCUT2D eigenvalue weighted by molar-refractivity contribution is 5.76. The van der Waals surface area contributed by atoms with Crippen molar-refractivity contribution in [3.63, 3.8) is 0 Å². The summed E-state index contributed by atoms with van der Waals surface area (Å²) in [4.78, 5) is 11.0. The molecule has 1 saturated heterocycles. The number of rotatable bonds is 1. The first-order valence-electron chi connectivity index (χ1n) is 3.84. The molecule has 1 aliphatic rings. The van der Waals surface area contributed by atoms with Crippen LogP contribution in [0.15, 0.2) is 0 Å². The summed E-state index contributed by atoms with van der Waals surface area (Å²) < 4.78 is 4.44. The molecule has 0 aromatic carbocycles. The zero-order valence-corrected chi connectivity index (χ0v) is 6.86. The SMILES string of the molecule is COC(=O)C1NCC[C@H](O)[C@@H]1O.